The third-order valence-corrected chi connectivity index (χ3v) is 2.20. The lowest BCUT2D eigenvalue weighted by molar-refractivity contribution is -0.133. The van der Waals surface area contributed by atoms with Crippen LogP contribution in [0.1, 0.15) is 26.7 Å². The molecule has 66 valence electrons. The molecule has 0 saturated heterocycles. The maximum absolute atomic E-state index is 11.2. The lowest BCUT2D eigenvalue weighted by Crippen LogP contribution is -2.04. The van der Waals surface area contributed by atoms with Crippen molar-refractivity contribution < 1.29 is 14.7 Å². The maximum atomic E-state index is 11.2. The number of aliphatic carboxylic acids is 1. The summed E-state index contributed by atoms with van der Waals surface area (Å²) in [6.45, 7) is 3.45. The molecule has 0 radical (unpaired) electrons. The molecule has 1 aliphatic rings. The van der Waals surface area contributed by atoms with E-state index in [9.17, 15) is 9.59 Å². The first-order valence-electron chi connectivity index (χ1n) is 3.98. The van der Waals surface area contributed by atoms with Gasteiger partial charge in [0.2, 0.25) is 0 Å². The number of Topliss-reactive ketones (excluding diaryl/α,β-unsaturated/α-hetero) is 1. The van der Waals surface area contributed by atoms with Crippen LogP contribution in [0.15, 0.2) is 11.1 Å². The molecule has 1 aliphatic carbocycles. The number of carboxylic acids is 1. The fourth-order valence-electron chi connectivity index (χ4n) is 1.47. The number of hydrogen-bond acceptors (Lipinski definition) is 2. The van der Waals surface area contributed by atoms with Gasteiger partial charge in [-0.1, -0.05) is 6.92 Å². The van der Waals surface area contributed by atoms with Gasteiger partial charge in [-0.3, -0.25) is 4.79 Å². The van der Waals surface area contributed by atoms with Crippen molar-refractivity contribution >= 4 is 11.8 Å². The van der Waals surface area contributed by atoms with Gasteiger partial charge in [-0.05, 0) is 19.3 Å². The smallest absolute Gasteiger partial charge is 0.331 e. The number of allylic oxidation sites excluding steroid dienone is 1. The average molecular weight is 168 g/mol. The van der Waals surface area contributed by atoms with Crippen molar-refractivity contribution in [2.75, 3.05) is 0 Å². The Labute approximate surface area is 71.1 Å². The van der Waals surface area contributed by atoms with E-state index < -0.39 is 5.97 Å². The van der Waals surface area contributed by atoms with Gasteiger partial charge in [0.25, 0.3) is 0 Å². The molecule has 0 aromatic heterocycles. The van der Waals surface area contributed by atoms with E-state index in [0.29, 0.717) is 24.3 Å². The van der Waals surface area contributed by atoms with Gasteiger partial charge in [-0.15, -0.1) is 0 Å². The second kappa shape index (κ2) is 3.09. The fraction of sp³-hybridized carbons (Fsp3) is 0.556. The first kappa shape index (κ1) is 8.97. The highest BCUT2D eigenvalue weighted by Crippen LogP contribution is 2.28. The number of hydrogen-bond donors (Lipinski definition) is 1. The molecule has 1 saturated carbocycles. The van der Waals surface area contributed by atoms with E-state index in [1.807, 2.05) is 6.92 Å². The van der Waals surface area contributed by atoms with Crippen molar-refractivity contribution in [3.8, 4) is 0 Å². The Balaban J connectivity index is 2.96. The van der Waals surface area contributed by atoms with Crippen molar-refractivity contribution in [1.82, 2.24) is 0 Å². The summed E-state index contributed by atoms with van der Waals surface area (Å²) in [6, 6.07) is 0. The van der Waals surface area contributed by atoms with E-state index in [0.717, 1.165) is 0 Å². The van der Waals surface area contributed by atoms with Crippen LogP contribution in [0, 0.1) is 5.92 Å². The van der Waals surface area contributed by atoms with Gasteiger partial charge in [-0.2, -0.15) is 0 Å². The molecule has 0 aliphatic heterocycles. The van der Waals surface area contributed by atoms with Gasteiger partial charge in [0.05, 0.1) is 0 Å². The Morgan fingerprint density at radius 2 is 2.08 bits per heavy atom. The quantitative estimate of drug-likeness (QED) is 0.602. The molecular formula is C9H12O3. The predicted octanol–water partition coefficient (Wildman–Crippen LogP) is 1.39. The molecule has 0 heterocycles. The van der Waals surface area contributed by atoms with Crippen LogP contribution in [0.2, 0.25) is 0 Å². The van der Waals surface area contributed by atoms with Crippen LogP contribution >= 0.6 is 0 Å². The Kier molecular flexibility index (Phi) is 2.31. The standard InChI is InChI=1S/C9H12O3/c1-5-3-7(8(10)4-5)6(2)9(11)12/h5H,3-4H2,1-2H3,(H,11,12)/b7-6+/t5-/m1/s1. The molecule has 0 unspecified atom stereocenters. The van der Waals surface area contributed by atoms with Crippen LogP contribution in [-0.4, -0.2) is 16.9 Å². The first-order valence-corrected chi connectivity index (χ1v) is 3.98. The highest BCUT2D eigenvalue weighted by atomic mass is 16.4. The van der Waals surface area contributed by atoms with E-state index in [1.54, 1.807) is 0 Å². The lowest BCUT2D eigenvalue weighted by atomic mass is 10.1. The van der Waals surface area contributed by atoms with Gasteiger partial charge < -0.3 is 5.11 Å². The minimum Gasteiger partial charge on any atom is -0.478 e. The summed E-state index contributed by atoms with van der Waals surface area (Å²) in [6.07, 6.45) is 1.12. The SMILES string of the molecule is C/C(C(=O)O)=C1/C[C@@H](C)CC1=O. The molecule has 0 bridgehead atoms. The largest absolute Gasteiger partial charge is 0.478 e. The summed E-state index contributed by atoms with van der Waals surface area (Å²) >= 11 is 0. The molecule has 0 aromatic rings. The number of carbonyl (C=O) groups is 2. The number of rotatable bonds is 1. The Morgan fingerprint density at radius 1 is 1.50 bits per heavy atom. The summed E-state index contributed by atoms with van der Waals surface area (Å²) in [7, 11) is 0. The predicted molar refractivity (Wildman–Crippen MR) is 43.7 cm³/mol. The van der Waals surface area contributed by atoms with Gasteiger partial charge in [0, 0.05) is 17.6 Å². The van der Waals surface area contributed by atoms with Gasteiger partial charge in [0.15, 0.2) is 5.78 Å². The fourth-order valence-corrected chi connectivity index (χ4v) is 1.47. The van der Waals surface area contributed by atoms with Crippen LogP contribution in [0.5, 0.6) is 0 Å². The summed E-state index contributed by atoms with van der Waals surface area (Å²) in [5.41, 5.74) is 0.722. The third-order valence-electron chi connectivity index (χ3n) is 2.20. The van der Waals surface area contributed by atoms with Crippen LogP contribution in [0.25, 0.3) is 0 Å². The molecular weight excluding hydrogens is 156 g/mol. The molecule has 12 heavy (non-hydrogen) atoms. The maximum Gasteiger partial charge on any atom is 0.331 e. The molecule has 1 atom stereocenters. The first-order chi connectivity index (χ1) is 5.52. The van der Waals surface area contributed by atoms with Gasteiger partial charge in [0.1, 0.15) is 0 Å². The summed E-state index contributed by atoms with van der Waals surface area (Å²) < 4.78 is 0. The van der Waals surface area contributed by atoms with Crippen molar-refractivity contribution in [2.24, 2.45) is 5.92 Å². The molecule has 3 nitrogen and oxygen atoms in total. The summed E-state index contributed by atoms with van der Waals surface area (Å²) in [4.78, 5) is 21.7. The van der Waals surface area contributed by atoms with Crippen LogP contribution in [0.3, 0.4) is 0 Å². The highest BCUT2D eigenvalue weighted by molar-refractivity contribution is 6.04. The van der Waals surface area contributed by atoms with E-state index in [2.05, 4.69) is 0 Å². The molecule has 0 amide bonds. The average Bonchev–Trinajstić information content (AvgIpc) is 2.28. The van der Waals surface area contributed by atoms with E-state index >= 15 is 0 Å². The summed E-state index contributed by atoms with van der Waals surface area (Å²) in [5.74, 6) is -0.670. The second-order valence-corrected chi connectivity index (χ2v) is 3.35. The Bertz CT molecular complexity index is 263. The monoisotopic (exact) mass is 168 g/mol. The Morgan fingerprint density at radius 3 is 2.42 bits per heavy atom. The van der Waals surface area contributed by atoms with Crippen LogP contribution < -0.4 is 0 Å². The normalized spacial score (nSPS) is 27.5. The molecule has 1 rings (SSSR count). The Hall–Kier alpha value is -1.12. The molecule has 3 heteroatoms. The number of carbonyl (C=O) groups excluding carboxylic acids is 1. The number of ketones is 1. The minimum atomic E-state index is -0.979. The van der Waals surface area contributed by atoms with Gasteiger partial charge in [-0.25, -0.2) is 4.79 Å². The van der Waals surface area contributed by atoms with Crippen molar-refractivity contribution in [2.45, 2.75) is 26.7 Å². The second-order valence-electron chi connectivity index (χ2n) is 3.35. The zero-order chi connectivity index (χ0) is 9.30. The highest BCUT2D eigenvalue weighted by Gasteiger charge is 2.27. The zero-order valence-corrected chi connectivity index (χ0v) is 7.26. The number of carboxylic acid groups (broad SMARTS) is 1. The minimum absolute atomic E-state index is 0.00222. The van der Waals surface area contributed by atoms with E-state index in [-0.39, 0.29) is 11.4 Å². The molecule has 0 aromatic carbocycles. The third kappa shape index (κ3) is 1.55. The van der Waals surface area contributed by atoms with E-state index in [1.165, 1.54) is 6.92 Å². The molecule has 0 spiro atoms. The van der Waals surface area contributed by atoms with Crippen molar-refractivity contribution in [3.63, 3.8) is 0 Å². The van der Waals surface area contributed by atoms with Crippen LogP contribution in [0.4, 0.5) is 0 Å². The van der Waals surface area contributed by atoms with Gasteiger partial charge >= 0.3 is 5.97 Å². The molecule has 1 fully saturated rings. The van der Waals surface area contributed by atoms with Crippen LogP contribution in [-0.2, 0) is 9.59 Å². The van der Waals surface area contributed by atoms with Crippen molar-refractivity contribution in [3.05, 3.63) is 11.1 Å². The summed E-state index contributed by atoms with van der Waals surface area (Å²) in [5, 5.41) is 8.64. The topological polar surface area (TPSA) is 54.4 Å². The van der Waals surface area contributed by atoms with Crippen molar-refractivity contribution in [1.29, 1.82) is 0 Å². The zero-order valence-electron chi connectivity index (χ0n) is 7.26. The lowest BCUT2D eigenvalue weighted by Gasteiger charge is -1.98. The van der Waals surface area contributed by atoms with E-state index in [4.69, 9.17) is 5.11 Å². The molecule has 1 N–H and O–H groups in total.